The summed E-state index contributed by atoms with van der Waals surface area (Å²) in [4.78, 5) is 6.58. The fourth-order valence-electron chi connectivity index (χ4n) is 2.52. The Balaban J connectivity index is 2.08. The van der Waals surface area contributed by atoms with Crippen molar-refractivity contribution in [1.82, 2.24) is 19.8 Å². The number of morpholine rings is 1. The van der Waals surface area contributed by atoms with Crippen LogP contribution in [0.2, 0.25) is 0 Å². The first kappa shape index (κ1) is 13.5. The summed E-state index contributed by atoms with van der Waals surface area (Å²) in [5.74, 6) is 0. The van der Waals surface area contributed by atoms with Crippen LogP contribution in [0.3, 0.4) is 0 Å². The first-order valence-corrected chi connectivity index (χ1v) is 6.72. The van der Waals surface area contributed by atoms with Crippen molar-refractivity contribution in [2.75, 3.05) is 33.3 Å². The summed E-state index contributed by atoms with van der Waals surface area (Å²) in [6.45, 7) is 5.90. The van der Waals surface area contributed by atoms with E-state index in [1.54, 1.807) is 0 Å². The van der Waals surface area contributed by atoms with Gasteiger partial charge in [0.2, 0.25) is 0 Å². The van der Waals surface area contributed by atoms with Gasteiger partial charge < -0.3 is 14.6 Å². The number of nitrogens with zero attached hydrogens (tertiary/aromatic N) is 3. The molecule has 5 nitrogen and oxygen atoms in total. The molecular formula is C13H24N4O. The molecule has 1 aromatic rings. The van der Waals surface area contributed by atoms with Gasteiger partial charge in [-0.3, -0.25) is 4.90 Å². The monoisotopic (exact) mass is 252 g/mol. The lowest BCUT2D eigenvalue weighted by Crippen LogP contribution is -2.48. The van der Waals surface area contributed by atoms with Crippen molar-refractivity contribution in [3.63, 3.8) is 0 Å². The lowest BCUT2D eigenvalue weighted by atomic mass is 10.0. The standard InChI is InChI=1S/C13H24N4O/c1-4-5-14-9-12-13(16(2)6-7-18-12)11-8-15-10-17(11)3/h8,10,12-14H,4-7,9H2,1-3H3. The largest absolute Gasteiger partial charge is 0.374 e. The average molecular weight is 252 g/mol. The molecule has 1 saturated heterocycles. The molecule has 2 atom stereocenters. The maximum atomic E-state index is 5.94. The van der Waals surface area contributed by atoms with Crippen LogP contribution in [0.4, 0.5) is 0 Å². The number of aryl methyl sites for hydroxylation is 1. The zero-order chi connectivity index (χ0) is 13.0. The molecule has 0 bridgehead atoms. The highest BCUT2D eigenvalue weighted by Crippen LogP contribution is 2.27. The number of hydrogen-bond acceptors (Lipinski definition) is 4. The molecule has 0 aromatic carbocycles. The molecule has 18 heavy (non-hydrogen) atoms. The predicted molar refractivity (Wildman–Crippen MR) is 71.5 cm³/mol. The smallest absolute Gasteiger partial charge is 0.0946 e. The van der Waals surface area contributed by atoms with Crippen LogP contribution in [-0.2, 0) is 11.8 Å². The van der Waals surface area contributed by atoms with Crippen LogP contribution in [0.15, 0.2) is 12.5 Å². The van der Waals surface area contributed by atoms with E-state index in [4.69, 9.17) is 4.74 Å². The van der Waals surface area contributed by atoms with E-state index >= 15 is 0 Å². The number of aromatic nitrogens is 2. The molecule has 1 aromatic heterocycles. The minimum atomic E-state index is 0.200. The molecule has 1 fully saturated rings. The lowest BCUT2D eigenvalue weighted by molar-refractivity contribution is -0.0634. The molecule has 0 spiro atoms. The molecule has 1 N–H and O–H groups in total. The Morgan fingerprint density at radius 2 is 2.33 bits per heavy atom. The number of likely N-dealkylation sites (N-methyl/N-ethyl adjacent to an activating group) is 1. The van der Waals surface area contributed by atoms with Crippen LogP contribution in [-0.4, -0.2) is 53.8 Å². The number of nitrogens with one attached hydrogen (secondary N) is 1. The van der Waals surface area contributed by atoms with Gasteiger partial charge in [-0.15, -0.1) is 0 Å². The third kappa shape index (κ3) is 2.91. The summed E-state index contributed by atoms with van der Waals surface area (Å²) in [5, 5.41) is 3.46. The zero-order valence-corrected chi connectivity index (χ0v) is 11.6. The minimum absolute atomic E-state index is 0.200. The summed E-state index contributed by atoms with van der Waals surface area (Å²) in [6.07, 6.45) is 5.15. The molecule has 0 amide bonds. The van der Waals surface area contributed by atoms with E-state index in [1.807, 2.05) is 19.6 Å². The van der Waals surface area contributed by atoms with E-state index in [9.17, 15) is 0 Å². The van der Waals surface area contributed by atoms with Crippen LogP contribution in [0.1, 0.15) is 25.1 Å². The molecular weight excluding hydrogens is 228 g/mol. The van der Waals surface area contributed by atoms with Gasteiger partial charge in [-0.2, -0.15) is 0 Å². The summed E-state index contributed by atoms with van der Waals surface area (Å²) in [7, 11) is 4.20. The van der Waals surface area contributed by atoms with E-state index in [2.05, 4.69) is 33.7 Å². The highest BCUT2D eigenvalue weighted by Gasteiger charge is 2.32. The Hall–Kier alpha value is -0.910. The quantitative estimate of drug-likeness (QED) is 0.787. The molecule has 2 unspecified atom stereocenters. The Morgan fingerprint density at radius 1 is 1.50 bits per heavy atom. The normalized spacial score (nSPS) is 25.5. The highest BCUT2D eigenvalue weighted by atomic mass is 16.5. The first-order chi connectivity index (χ1) is 8.74. The van der Waals surface area contributed by atoms with Gasteiger partial charge in [-0.1, -0.05) is 6.92 Å². The molecule has 1 aliphatic heterocycles. The Labute approximate surface area is 109 Å². The van der Waals surface area contributed by atoms with Crippen molar-refractivity contribution in [2.24, 2.45) is 7.05 Å². The van der Waals surface area contributed by atoms with Crippen LogP contribution in [0.25, 0.3) is 0 Å². The Kier molecular flexibility index (Phi) is 4.74. The average Bonchev–Trinajstić information content (AvgIpc) is 2.76. The van der Waals surface area contributed by atoms with Crippen LogP contribution in [0, 0.1) is 0 Å². The van der Waals surface area contributed by atoms with Crippen molar-refractivity contribution in [2.45, 2.75) is 25.5 Å². The van der Waals surface area contributed by atoms with E-state index in [1.165, 1.54) is 5.69 Å². The van der Waals surface area contributed by atoms with E-state index < -0.39 is 0 Å². The Morgan fingerprint density at radius 3 is 3.00 bits per heavy atom. The fraction of sp³-hybridized carbons (Fsp3) is 0.769. The molecule has 5 heteroatoms. The number of rotatable bonds is 5. The Bertz CT molecular complexity index is 366. The van der Waals surface area contributed by atoms with Gasteiger partial charge in [0.25, 0.3) is 0 Å². The van der Waals surface area contributed by atoms with Gasteiger partial charge in [0.1, 0.15) is 0 Å². The summed E-state index contributed by atoms with van der Waals surface area (Å²) >= 11 is 0. The molecule has 102 valence electrons. The van der Waals surface area contributed by atoms with Gasteiger partial charge in [0.05, 0.1) is 30.8 Å². The minimum Gasteiger partial charge on any atom is -0.374 e. The van der Waals surface area contributed by atoms with E-state index in [-0.39, 0.29) is 12.1 Å². The molecule has 1 aliphatic rings. The third-order valence-electron chi connectivity index (χ3n) is 3.53. The number of hydrogen-bond donors (Lipinski definition) is 1. The second-order valence-corrected chi connectivity index (χ2v) is 4.97. The van der Waals surface area contributed by atoms with Gasteiger partial charge >= 0.3 is 0 Å². The third-order valence-corrected chi connectivity index (χ3v) is 3.53. The van der Waals surface area contributed by atoms with Crippen LogP contribution < -0.4 is 5.32 Å². The summed E-state index contributed by atoms with van der Waals surface area (Å²) in [5.41, 5.74) is 1.22. The van der Waals surface area contributed by atoms with Crippen molar-refractivity contribution in [3.05, 3.63) is 18.2 Å². The maximum absolute atomic E-state index is 5.94. The second kappa shape index (κ2) is 6.31. The summed E-state index contributed by atoms with van der Waals surface area (Å²) in [6, 6.07) is 0.288. The van der Waals surface area contributed by atoms with Gasteiger partial charge in [0, 0.05) is 26.3 Å². The first-order valence-electron chi connectivity index (χ1n) is 6.72. The SMILES string of the molecule is CCCNCC1OCCN(C)C1c1cncn1C. The van der Waals surface area contributed by atoms with Crippen molar-refractivity contribution >= 4 is 0 Å². The van der Waals surface area contributed by atoms with Crippen molar-refractivity contribution in [1.29, 1.82) is 0 Å². The molecule has 0 radical (unpaired) electrons. The molecule has 2 heterocycles. The zero-order valence-electron chi connectivity index (χ0n) is 11.6. The summed E-state index contributed by atoms with van der Waals surface area (Å²) < 4.78 is 8.03. The maximum Gasteiger partial charge on any atom is 0.0946 e. The van der Waals surface area contributed by atoms with E-state index in [0.29, 0.717) is 0 Å². The second-order valence-electron chi connectivity index (χ2n) is 4.97. The fourth-order valence-corrected chi connectivity index (χ4v) is 2.52. The van der Waals surface area contributed by atoms with Gasteiger partial charge in [-0.25, -0.2) is 4.98 Å². The number of ether oxygens (including phenoxy) is 1. The van der Waals surface area contributed by atoms with Crippen LogP contribution in [0.5, 0.6) is 0 Å². The van der Waals surface area contributed by atoms with Crippen molar-refractivity contribution < 1.29 is 4.74 Å². The lowest BCUT2D eigenvalue weighted by Gasteiger charge is -2.39. The molecule has 0 aliphatic carbocycles. The predicted octanol–water partition coefficient (Wildman–Crippen LogP) is 0.791. The van der Waals surface area contributed by atoms with Gasteiger partial charge in [0.15, 0.2) is 0 Å². The highest BCUT2D eigenvalue weighted by molar-refractivity contribution is 5.09. The molecule has 2 rings (SSSR count). The van der Waals surface area contributed by atoms with E-state index in [0.717, 1.165) is 32.7 Å². The number of imidazole rings is 1. The topological polar surface area (TPSA) is 42.3 Å². The molecule has 0 saturated carbocycles. The van der Waals surface area contributed by atoms with Crippen LogP contribution >= 0.6 is 0 Å². The van der Waals surface area contributed by atoms with Crippen molar-refractivity contribution in [3.8, 4) is 0 Å². The van der Waals surface area contributed by atoms with Gasteiger partial charge in [-0.05, 0) is 20.0 Å².